The third kappa shape index (κ3) is 6.29. The van der Waals surface area contributed by atoms with E-state index < -0.39 is 9.84 Å². The molecule has 1 fully saturated rings. The fourth-order valence-corrected chi connectivity index (χ4v) is 2.68. The lowest BCUT2D eigenvalue weighted by atomic mass is 10.00. The van der Waals surface area contributed by atoms with Crippen molar-refractivity contribution in [2.45, 2.75) is 38.9 Å². The Morgan fingerprint density at radius 3 is 2.37 bits per heavy atom. The second-order valence-corrected chi connectivity index (χ2v) is 8.00. The van der Waals surface area contributed by atoms with Crippen molar-refractivity contribution in [3.05, 3.63) is 0 Å². The highest BCUT2D eigenvalue weighted by atomic mass is 127. The van der Waals surface area contributed by atoms with Crippen molar-refractivity contribution in [3.63, 3.8) is 0 Å². The molecule has 1 heterocycles. The molecule has 1 aliphatic heterocycles. The van der Waals surface area contributed by atoms with E-state index in [9.17, 15) is 8.42 Å². The van der Waals surface area contributed by atoms with E-state index in [0.717, 1.165) is 31.8 Å². The largest absolute Gasteiger partial charge is 0.370 e. The van der Waals surface area contributed by atoms with Gasteiger partial charge in [-0.15, -0.1) is 24.0 Å². The molecule has 1 rings (SSSR count). The summed E-state index contributed by atoms with van der Waals surface area (Å²) in [5.41, 5.74) is 5.88. The van der Waals surface area contributed by atoms with Crippen molar-refractivity contribution in [1.82, 2.24) is 4.90 Å². The molecule has 0 radical (unpaired) electrons. The minimum atomic E-state index is -3.01. The molecule has 2 N–H and O–H groups in total. The van der Waals surface area contributed by atoms with Crippen LogP contribution in [0, 0.1) is 5.92 Å². The molecule has 19 heavy (non-hydrogen) atoms. The van der Waals surface area contributed by atoms with Crippen LogP contribution in [0.1, 0.15) is 33.6 Å². The first-order valence-corrected chi connectivity index (χ1v) is 8.31. The van der Waals surface area contributed by atoms with Gasteiger partial charge in [-0.2, -0.15) is 0 Å². The number of aliphatic imine (C=N–C) groups is 1. The summed E-state index contributed by atoms with van der Waals surface area (Å²) in [5.74, 6) is 1.31. The quantitative estimate of drug-likeness (QED) is 0.438. The fourth-order valence-electron chi connectivity index (χ4n) is 1.86. The zero-order chi connectivity index (χ0) is 13.8. The average molecular weight is 403 g/mol. The molecule has 0 amide bonds. The maximum atomic E-state index is 11.6. The van der Waals surface area contributed by atoms with Crippen LogP contribution in [-0.2, 0) is 9.84 Å². The van der Waals surface area contributed by atoms with Crippen LogP contribution in [0.25, 0.3) is 0 Å². The topological polar surface area (TPSA) is 75.8 Å². The molecule has 1 saturated heterocycles. The van der Waals surface area contributed by atoms with Crippen molar-refractivity contribution in [2.24, 2.45) is 16.6 Å². The zero-order valence-corrected chi connectivity index (χ0v) is 15.1. The first-order valence-electron chi connectivity index (χ1n) is 6.59. The first kappa shape index (κ1) is 18.9. The van der Waals surface area contributed by atoms with E-state index >= 15 is 0 Å². The Hall–Kier alpha value is -0.0500. The summed E-state index contributed by atoms with van der Waals surface area (Å²) in [5, 5.41) is -0.343. The molecule has 0 aliphatic carbocycles. The number of hydrogen-bond donors (Lipinski definition) is 1. The van der Waals surface area contributed by atoms with Gasteiger partial charge < -0.3 is 10.6 Å². The molecular formula is C12H26IN3O2S. The molecule has 0 unspecified atom stereocenters. The molecule has 0 aromatic rings. The number of nitrogens with two attached hydrogens (primary N) is 1. The van der Waals surface area contributed by atoms with Gasteiger partial charge in [0.15, 0.2) is 15.8 Å². The zero-order valence-electron chi connectivity index (χ0n) is 12.0. The van der Waals surface area contributed by atoms with Gasteiger partial charge in [0, 0.05) is 13.1 Å². The minimum Gasteiger partial charge on any atom is -0.370 e. The number of piperidine rings is 1. The Morgan fingerprint density at radius 2 is 1.89 bits per heavy atom. The van der Waals surface area contributed by atoms with Crippen LogP contribution in [-0.4, -0.2) is 49.9 Å². The Kier molecular flexibility index (Phi) is 8.26. The molecule has 1 aliphatic rings. The predicted octanol–water partition coefficient (Wildman–Crippen LogP) is 1.47. The van der Waals surface area contributed by atoms with Gasteiger partial charge in [-0.3, -0.25) is 4.99 Å². The molecule has 0 atom stereocenters. The van der Waals surface area contributed by atoms with Gasteiger partial charge in [-0.1, -0.05) is 6.92 Å². The molecule has 0 spiro atoms. The van der Waals surface area contributed by atoms with Crippen molar-refractivity contribution < 1.29 is 8.42 Å². The summed E-state index contributed by atoms with van der Waals surface area (Å²) in [4.78, 5) is 6.23. The van der Waals surface area contributed by atoms with Gasteiger partial charge in [-0.25, -0.2) is 8.42 Å². The second-order valence-electron chi connectivity index (χ2n) is 5.33. The van der Waals surface area contributed by atoms with E-state index in [2.05, 4.69) is 11.9 Å². The lowest BCUT2D eigenvalue weighted by Gasteiger charge is -2.31. The summed E-state index contributed by atoms with van der Waals surface area (Å²) in [7, 11) is -3.01. The predicted molar refractivity (Wildman–Crippen MR) is 90.8 cm³/mol. The summed E-state index contributed by atoms with van der Waals surface area (Å²) < 4.78 is 23.2. The number of likely N-dealkylation sites (tertiary alicyclic amines) is 1. The van der Waals surface area contributed by atoms with Crippen LogP contribution < -0.4 is 5.73 Å². The minimum absolute atomic E-state index is 0. The number of sulfone groups is 1. The van der Waals surface area contributed by atoms with E-state index in [-0.39, 0.29) is 41.5 Å². The van der Waals surface area contributed by atoms with Gasteiger partial charge in [-0.05, 0) is 32.6 Å². The fraction of sp³-hybridized carbons (Fsp3) is 0.917. The van der Waals surface area contributed by atoms with Crippen molar-refractivity contribution in [2.75, 3.05) is 25.4 Å². The number of hydrogen-bond acceptors (Lipinski definition) is 3. The summed E-state index contributed by atoms with van der Waals surface area (Å²) in [6.07, 6.45) is 2.25. The van der Waals surface area contributed by atoms with Gasteiger partial charge in [0.1, 0.15) is 0 Å². The third-order valence-corrected chi connectivity index (χ3v) is 5.66. The lowest BCUT2D eigenvalue weighted by molar-refractivity contribution is 0.278. The van der Waals surface area contributed by atoms with Crippen molar-refractivity contribution in [1.29, 1.82) is 0 Å². The molecule has 0 bridgehead atoms. The summed E-state index contributed by atoms with van der Waals surface area (Å²) in [6, 6.07) is 0. The summed E-state index contributed by atoms with van der Waals surface area (Å²) in [6.45, 7) is 7.72. The molecule has 5 nitrogen and oxygen atoms in total. The van der Waals surface area contributed by atoms with Gasteiger partial charge in [0.05, 0.1) is 17.5 Å². The van der Waals surface area contributed by atoms with E-state index in [4.69, 9.17) is 5.73 Å². The SMILES string of the molecule is CC1CCN(C(N)=NCCS(=O)(=O)C(C)C)CC1.I. The molecule has 0 aromatic carbocycles. The van der Waals surface area contributed by atoms with E-state index in [1.54, 1.807) is 13.8 Å². The number of halogens is 1. The lowest BCUT2D eigenvalue weighted by Crippen LogP contribution is -2.42. The summed E-state index contributed by atoms with van der Waals surface area (Å²) >= 11 is 0. The highest BCUT2D eigenvalue weighted by molar-refractivity contribution is 14.0. The van der Waals surface area contributed by atoms with E-state index in [0.29, 0.717) is 5.96 Å². The van der Waals surface area contributed by atoms with E-state index in [1.807, 2.05) is 4.90 Å². The van der Waals surface area contributed by atoms with E-state index in [1.165, 1.54) is 0 Å². The maximum Gasteiger partial charge on any atom is 0.191 e. The molecule has 0 aromatic heterocycles. The van der Waals surface area contributed by atoms with Gasteiger partial charge in [0.2, 0.25) is 0 Å². The van der Waals surface area contributed by atoms with Gasteiger partial charge >= 0.3 is 0 Å². The van der Waals surface area contributed by atoms with Crippen molar-refractivity contribution >= 4 is 39.8 Å². The second kappa shape index (κ2) is 8.28. The number of rotatable bonds is 4. The van der Waals surface area contributed by atoms with Crippen molar-refractivity contribution in [3.8, 4) is 0 Å². The third-order valence-electron chi connectivity index (χ3n) is 3.48. The highest BCUT2D eigenvalue weighted by Gasteiger charge is 2.18. The molecule has 7 heteroatoms. The van der Waals surface area contributed by atoms with Crippen LogP contribution in [0.2, 0.25) is 0 Å². The normalized spacial score (nSPS) is 18.5. The number of nitrogens with zero attached hydrogens (tertiary/aromatic N) is 2. The molecular weight excluding hydrogens is 377 g/mol. The van der Waals surface area contributed by atoms with Crippen LogP contribution in [0.15, 0.2) is 4.99 Å². The Morgan fingerprint density at radius 1 is 1.37 bits per heavy atom. The smallest absolute Gasteiger partial charge is 0.191 e. The Bertz CT molecular complexity index is 388. The monoisotopic (exact) mass is 403 g/mol. The van der Waals surface area contributed by atoms with Gasteiger partial charge in [0.25, 0.3) is 0 Å². The Labute approximate surface area is 134 Å². The first-order chi connectivity index (χ1) is 8.33. The molecule has 114 valence electrons. The average Bonchev–Trinajstić information content (AvgIpc) is 2.29. The number of guanidine groups is 1. The van der Waals surface area contributed by atoms with Crippen LogP contribution >= 0.6 is 24.0 Å². The van der Waals surface area contributed by atoms with Crippen LogP contribution in [0.4, 0.5) is 0 Å². The maximum absolute atomic E-state index is 11.6. The Balaban J connectivity index is 0.00000324. The van der Waals surface area contributed by atoms with Crippen LogP contribution in [0.5, 0.6) is 0 Å². The molecule has 0 saturated carbocycles. The standard InChI is InChI=1S/C12H25N3O2S.HI/c1-10(2)18(16,17)9-6-14-12(13)15-7-4-11(3)5-8-15;/h10-11H,4-9H2,1-3H3,(H2,13,14);1H. The highest BCUT2D eigenvalue weighted by Crippen LogP contribution is 2.15. The van der Waals surface area contributed by atoms with Crippen LogP contribution in [0.3, 0.4) is 0 Å².